The first-order valence-corrected chi connectivity index (χ1v) is 14.1. The van der Waals surface area contributed by atoms with E-state index in [0.717, 1.165) is 75.9 Å². The monoisotopic (exact) mass is 560 g/mol. The number of amides is 1. The highest BCUT2D eigenvalue weighted by molar-refractivity contribution is 6.00. The summed E-state index contributed by atoms with van der Waals surface area (Å²) in [4.78, 5) is 29.5. The van der Waals surface area contributed by atoms with Crippen LogP contribution in [0.15, 0.2) is 67.3 Å². The van der Waals surface area contributed by atoms with Gasteiger partial charge in [-0.2, -0.15) is 5.10 Å². The molecule has 0 spiro atoms. The number of aromatic amines is 2. The lowest BCUT2D eigenvalue weighted by Gasteiger charge is -2.21. The second-order valence-corrected chi connectivity index (χ2v) is 10.9. The summed E-state index contributed by atoms with van der Waals surface area (Å²) in [6.45, 7) is 3.80. The van der Waals surface area contributed by atoms with Gasteiger partial charge in [-0.1, -0.05) is 6.07 Å². The molecule has 0 unspecified atom stereocenters. The molecule has 1 fully saturated rings. The average molecular weight is 561 g/mol. The zero-order valence-electron chi connectivity index (χ0n) is 23.0. The number of carbonyl (C=O) groups excluding carboxylic acids is 1. The van der Waals surface area contributed by atoms with Crippen LogP contribution in [0, 0.1) is 18.7 Å². The molecule has 1 amide bonds. The summed E-state index contributed by atoms with van der Waals surface area (Å²) in [6.07, 6.45) is 9.43. The predicted octanol–water partition coefficient (Wildman–Crippen LogP) is 6.01. The van der Waals surface area contributed by atoms with E-state index < -0.39 is 0 Å². The molecule has 1 aliphatic heterocycles. The Morgan fingerprint density at radius 2 is 1.83 bits per heavy atom. The van der Waals surface area contributed by atoms with Crippen LogP contribution in [0.2, 0.25) is 0 Å². The van der Waals surface area contributed by atoms with Gasteiger partial charge < -0.3 is 15.6 Å². The summed E-state index contributed by atoms with van der Waals surface area (Å²) in [5.41, 5.74) is 7.67. The molecular weight excluding hydrogens is 531 g/mol. The van der Waals surface area contributed by atoms with Gasteiger partial charge in [0.1, 0.15) is 11.5 Å². The maximum absolute atomic E-state index is 14.2. The second-order valence-electron chi connectivity index (χ2n) is 10.9. The van der Waals surface area contributed by atoms with Crippen LogP contribution < -0.4 is 10.6 Å². The molecule has 4 N–H and O–H groups in total. The van der Waals surface area contributed by atoms with E-state index in [1.807, 2.05) is 37.3 Å². The molecule has 10 heteroatoms. The summed E-state index contributed by atoms with van der Waals surface area (Å²) >= 11 is 0. The van der Waals surface area contributed by atoms with E-state index in [-0.39, 0.29) is 11.7 Å². The number of fused-ring (bicyclic) bond motifs is 2. The standard InChI is InChI=1S/C32H29FN8O/c1-18-8-20(11-23(33)9-18)25-4-7-36-31-26(25)14-28(39-31)30-27-13-22(16-37-32(27)41-40-30)21-12-24(17-35-15-21)38-29(42)10-19-2-5-34-6-3-19/h4,7-9,11-17,19,34H,2-3,5-6,10H2,1H3,(H,36,39)(H,38,42)(H,37,40,41). The Morgan fingerprint density at radius 1 is 0.976 bits per heavy atom. The first-order chi connectivity index (χ1) is 20.5. The van der Waals surface area contributed by atoms with E-state index in [0.29, 0.717) is 29.3 Å². The van der Waals surface area contributed by atoms with Crippen LogP contribution >= 0.6 is 0 Å². The van der Waals surface area contributed by atoms with Crippen molar-refractivity contribution in [3.05, 3.63) is 78.6 Å². The quantitative estimate of drug-likeness (QED) is 0.198. The summed E-state index contributed by atoms with van der Waals surface area (Å²) in [7, 11) is 0. The fourth-order valence-electron chi connectivity index (χ4n) is 5.79. The van der Waals surface area contributed by atoms with Crippen molar-refractivity contribution in [3.8, 4) is 33.6 Å². The predicted molar refractivity (Wildman–Crippen MR) is 161 cm³/mol. The number of hydrogen-bond acceptors (Lipinski definition) is 6. The number of aromatic nitrogens is 6. The molecule has 7 rings (SSSR count). The number of nitrogens with zero attached hydrogens (tertiary/aromatic N) is 4. The Hall–Kier alpha value is -4.96. The van der Waals surface area contributed by atoms with E-state index in [4.69, 9.17) is 0 Å². The van der Waals surface area contributed by atoms with Gasteiger partial charge in [0.05, 0.1) is 23.3 Å². The number of H-pyrrole nitrogens is 2. The number of pyridine rings is 3. The number of hydrogen-bond donors (Lipinski definition) is 4. The second kappa shape index (κ2) is 10.8. The zero-order valence-corrected chi connectivity index (χ0v) is 23.0. The van der Waals surface area contributed by atoms with Crippen LogP contribution in [0.1, 0.15) is 24.8 Å². The minimum absolute atomic E-state index is 0.00624. The van der Waals surface area contributed by atoms with Gasteiger partial charge >= 0.3 is 0 Å². The van der Waals surface area contributed by atoms with Crippen molar-refractivity contribution >= 4 is 33.7 Å². The minimum Gasteiger partial charge on any atom is -0.338 e. The van der Waals surface area contributed by atoms with Gasteiger partial charge in [-0.15, -0.1) is 0 Å². The maximum atomic E-state index is 14.2. The molecule has 6 heterocycles. The zero-order chi connectivity index (χ0) is 28.6. The van der Waals surface area contributed by atoms with Crippen molar-refractivity contribution in [3.63, 3.8) is 0 Å². The highest BCUT2D eigenvalue weighted by Crippen LogP contribution is 2.34. The van der Waals surface area contributed by atoms with Gasteiger partial charge in [0.25, 0.3) is 0 Å². The average Bonchev–Trinajstić information content (AvgIpc) is 3.61. The Labute approximate surface area is 241 Å². The normalized spacial score (nSPS) is 14.0. The SMILES string of the molecule is Cc1cc(F)cc(-c2ccnc3[nH]c(-c4[nH]nc5ncc(-c6cncc(NC(=O)CC7CCNCC7)c6)cc45)cc23)c1. The Bertz CT molecular complexity index is 1920. The molecule has 1 aromatic carbocycles. The molecular formula is C32H29FN8O. The van der Waals surface area contributed by atoms with Crippen molar-refractivity contribution < 1.29 is 9.18 Å². The fourth-order valence-corrected chi connectivity index (χ4v) is 5.79. The number of carbonyl (C=O) groups is 1. The van der Waals surface area contributed by atoms with Gasteiger partial charge in [-0.25, -0.2) is 14.4 Å². The fraction of sp³-hybridized carbons (Fsp3) is 0.219. The van der Waals surface area contributed by atoms with Crippen molar-refractivity contribution in [2.45, 2.75) is 26.2 Å². The molecule has 1 saturated heterocycles. The lowest BCUT2D eigenvalue weighted by atomic mass is 9.94. The lowest BCUT2D eigenvalue weighted by molar-refractivity contribution is -0.117. The minimum atomic E-state index is -0.274. The van der Waals surface area contributed by atoms with Crippen molar-refractivity contribution in [2.24, 2.45) is 5.92 Å². The molecule has 9 nitrogen and oxygen atoms in total. The molecule has 1 aliphatic rings. The molecule has 0 bridgehead atoms. The first kappa shape index (κ1) is 26.0. The van der Waals surface area contributed by atoms with Crippen LogP contribution in [-0.2, 0) is 4.79 Å². The molecule has 0 radical (unpaired) electrons. The van der Waals surface area contributed by atoms with Gasteiger partial charge in [-0.3, -0.25) is 14.9 Å². The maximum Gasteiger partial charge on any atom is 0.224 e. The Morgan fingerprint density at radius 3 is 2.69 bits per heavy atom. The lowest BCUT2D eigenvalue weighted by Crippen LogP contribution is -2.30. The topological polar surface area (TPSA) is 124 Å². The Kier molecular flexibility index (Phi) is 6.67. The van der Waals surface area contributed by atoms with Crippen LogP contribution in [-0.4, -0.2) is 49.1 Å². The summed E-state index contributed by atoms with van der Waals surface area (Å²) in [6, 6.07) is 12.8. The number of rotatable bonds is 6. The molecule has 0 aliphatic carbocycles. The molecule has 210 valence electrons. The van der Waals surface area contributed by atoms with Crippen LogP contribution in [0.3, 0.4) is 0 Å². The van der Waals surface area contributed by atoms with Crippen molar-refractivity contribution in [1.82, 2.24) is 35.5 Å². The van der Waals surface area contributed by atoms with Crippen molar-refractivity contribution in [1.29, 1.82) is 0 Å². The van der Waals surface area contributed by atoms with Crippen LogP contribution in [0.25, 0.3) is 55.7 Å². The number of halogens is 1. The van der Waals surface area contributed by atoms with Gasteiger partial charge in [0.2, 0.25) is 5.91 Å². The molecule has 0 saturated carbocycles. The smallest absolute Gasteiger partial charge is 0.224 e. The molecule has 5 aromatic heterocycles. The van der Waals surface area contributed by atoms with E-state index in [2.05, 4.69) is 40.8 Å². The molecule has 0 atom stereocenters. The largest absolute Gasteiger partial charge is 0.338 e. The van der Waals surface area contributed by atoms with E-state index in [9.17, 15) is 9.18 Å². The van der Waals surface area contributed by atoms with Crippen molar-refractivity contribution in [2.75, 3.05) is 18.4 Å². The first-order valence-electron chi connectivity index (χ1n) is 14.1. The number of anilines is 1. The summed E-state index contributed by atoms with van der Waals surface area (Å²) in [5.74, 6) is 0.137. The van der Waals surface area contributed by atoms with E-state index >= 15 is 0 Å². The number of nitrogens with one attached hydrogen (secondary N) is 4. The highest BCUT2D eigenvalue weighted by Gasteiger charge is 2.18. The van der Waals surface area contributed by atoms with E-state index in [1.54, 1.807) is 24.8 Å². The third-order valence-corrected chi connectivity index (χ3v) is 7.85. The molecule has 6 aromatic rings. The third kappa shape index (κ3) is 5.12. The van der Waals surface area contributed by atoms with Gasteiger partial charge in [0, 0.05) is 46.9 Å². The van der Waals surface area contributed by atoms with Gasteiger partial charge in [0.15, 0.2) is 5.65 Å². The summed E-state index contributed by atoms with van der Waals surface area (Å²) in [5, 5.41) is 15.6. The number of piperidine rings is 1. The third-order valence-electron chi connectivity index (χ3n) is 7.85. The molecule has 42 heavy (non-hydrogen) atoms. The number of benzene rings is 1. The van der Waals surface area contributed by atoms with Crippen LogP contribution in [0.5, 0.6) is 0 Å². The Balaban J connectivity index is 1.20. The number of aryl methyl sites for hydroxylation is 1. The van der Waals surface area contributed by atoms with Crippen LogP contribution in [0.4, 0.5) is 10.1 Å². The van der Waals surface area contributed by atoms with E-state index in [1.165, 1.54) is 12.1 Å². The summed E-state index contributed by atoms with van der Waals surface area (Å²) < 4.78 is 14.2. The highest BCUT2D eigenvalue weighted by atomic mass is 19.1. The van der Waals surface area contributed by atoms with Gasteiger partial charge in [-0.05, 0) is 91.9 Å².